The van der Waals surface area contributed by atoms with Crippen LogP contribution in [0.15, 0.2) is 42.7 Å². The van der Waals surface area contributed by atoms with Crippen molar-refractivity contribution in [3.63, 3.8) is 0 Å². The summed E-state index contributed by atoms with van der Waals surface area (Å²) in [5.74, 6) is 0.336. The first kappa shape index (κ1) is 31.5. The summed E-state index contributed by atoms with van der Waals surface area (Å²) < 4.78 is 27.8. The number of anilines is 1. The molecular weight excluding hydrogens is 553 g/mol. The standard InChI is InChI=1S/C30H46FN9O3/c1-30(2,3)43-29(41)38-15-13-36(14-16-38)12-11-33-25-22-40(27(31)26(42-25)28-34-9-4-10-35-28)39-19-17-37(18-20-39)24-7-5-23(21-32)6-8-24/h4-10,25-27,33H,11-22,32H2,1-3H3. The number of hydrogen-bond donors (Lipinski definition) is 2. The number of benzene rings is 1. The highest BCUT2D eigenvalue weighted by Gasteiger charge is 2.43. The molecule has 1 aromatic carbocycles. The van der Waals surface area contributed by atoms with E-state index in [1.54, 1.807) is 28.4 Å². The van der Waals surface area contributed by atoms with E-state index in [9.17, 15) is 4.79 Å². The topological polar surface area (TPSA) is 116 Å². The van der Waals surface area contributed by atoms with E-state index >= 15 is 4.39 Å². The summed E-state index contributed by atoms with van der Waals surface area (Å²) in [4.78, 5) is 27.4. The Balaban J connectivity index is 1.15. The molecule has 0 saturated carbocycles. The van der Waals surface area contributed by atoms with Gasteiger partial charge in [0.2, 0.25) is 0 Å². The van der Waals surface area contributed by atoms with Crippen molar-refractivity contribution < 1.29 is 18.7 Å². The van der Waals surface area contributed by atoms with Crippen LogP contribution in [0.25, 0.3) is 0 Å². The van der Waals surface area contributed by atoms with Gasteiger partial charge in [-0.05, 0) is 44.5 Å². The van der Waals surface area contributed by atoms with Crippen LogP contribution in [0.1, 0.15) is 38.3 Å². The average molecular weight is 600 g/mol. The Labute approximate surface area is 253 Å². The number of rotatable bonds is 8. The number of aromatic nitrogens is 2. The third kappa shape index (κ3) is 8.37. The summed E-state index contributed by atoms with van der Waals surface area (Å²) in [6, 6.07) is 10.0. The van der Waals surface area contributed by atoms with Crippen LogP contribution in [0, 0.1) is 0 Å². The Bertz CT molecular complexity index is 1150. The molecule has 0 bridgehead atoms. The molecule has 2 aromatic rings. The maximum atomic E-state index is 16.1. The van der Waals surface area contributed by atoms with Crippen LogP contribution in [0.3, 0.4) is 0 Å². The minimum Gasteiger partial charge on any atom is -0.444 e. The van der Waals surface area contributed by atoms with Crippen molar-refractivity contribution in [3.05, 3.63) is 54.1 Å². The van der Waals surface area contributed by atoms with Crippen LogP contribution in [-0.2, 0) is 16.0 Å². The normalized spacial score (nSPS) is 24.7. The van der Waals surface area contributed by atoms with Gasteiger partial charge in [-0.25, -0.2) is 29.2 Å². The number of carbonyl (C=O) groups excluding carboxylic acids is 1. The zero-order valence-corrected chi connectivity index (χ0v) is 25.6. The monoisotopic (exact) mass is 599 g/mol. The van der Waals surface area contributed by atoms with Gasteiger partial charge < -0.3 is 25.0 Å². The van der Waals surface area contributed by atoms with Crippen LogP contribution in [0.5, 0.6) is 0 Å². The van der Waals surface area contributed by atoms with Gasteiger partial charge in [0, 0.05) is 90.1 Å². The Hall–Kier alpha value is -2.94. The molecule has 0 aliphatic carbocycles. The first-order valence-corrected chi connectivity index (χ1v) is 15.3. The van der Waals surface area contributed by atoms with Gasteiger partial charge in [-0.15, -0.1) is 0 Å². The van der Waals surface area contributed by atoms with Crippen molar-refractivity contribution in [2.45, 2.75) is 51.5 Å². The average Bonchev–Trinajstić information content (AvgIpc) is 3.02. The van der Waals surface area contributed by atoms with E-state index < -0.39 is 24.2 Å². The molecule has 236 valence electrons. The lowest BCUT2D eigenvalue weighted by Crippen LogP contribution is -2.63. The van der Waals surface area contributed by atoms with Crippen molar-refractivity contribution in [2.24, 2.45) is 5.73 Å². The quantitative estimate of drug-likeness (QED) is 0.433. The molecule has 0 spiro atoms. The Morgan fingerprint density at radius 2 is 1.72 bits per heavy atom. The maximum Gasteiger partial charge on any atom is 0.410 e. The molecule has 3 aliphatic rings. The molecule has 5 rings (SSSR count). The fourth-order valence-corrected chi connectivity index (χ4v) is 5.66. The number of hydrogen-bond acceptors (Lipinski definition) is 11. The molecule has 3 fully saturated rings. The van der Waals surface area contributed by atoms with Gasteiger partial charge in [-0.2, -0.15) is 0 Å². The second-order valence-corrected chi connectivity index (χ2v) is 12.2. The summed E-state index contributed by atoms with van der Waals surface area (Å²) in [6.07, 6.45) is 0.256. The summed E-state index contributed by atoms with van der Waals surface area (Å²) in [5, 5.41) is 7.37. The Morgan fingerprint density at radius 3 is 2.35 bits per heavy atom. The summed E-state index contributed by atoms with van der Waals surface area (Å²) in [5.41, 5.74) is 7.50. The summed E-state index contributed by atoms with van der Waals surface area (Å²) in [6.45, 7) is 13.7. The fraction of sp³-hybridized carbons (Fsp3) is 0.633. The number of nitrogens with two attached hydrogens (primary N) is 1. The molecule has 3 atom stereocenters. The fourth-order valence-electron chi connectivity index (χ4n) is 5.66. The smallest absolute Gasteiger partial charge is 0.410 e. The highest BCUT2D eigenvalue weighted by molar-refractivity contribution is 5.68. The molecule has 3 aliphatic heterocycles. The van der Waals surface area contributed by atoms with Gasteiger partial charge in [-0.1, -0.05) is 12.1 Å². The van der Waals surface area contributed by atoms with Crippen LogP contribution < -0.4 is 16.0 Å². The molecule has 3 N–H and O–H groups in total. The van der Waals surface area contributed by atoms with E-state index in [1.165, 1.54) is 0 Å². The molecule has 13 heteroatoms. The van der Waals surface area contributed by atoms with Crippen LogP contribution >= 0.6 is 0 Å². The lowest BCUT2D eigenvalue weighted by Gasteiger charge is -2.48. The lowest BCUT2D eigenvalue weighted by atomic mass is 10.2. The number of amides is 1. The number of hydrazine groups is 1. The second-order valence-electron chi connectivity index (χ2n) is 12.2. The van der Waals surface area contributed by atoms with E-state index in [-0.39, 0.29) is 6.09 Å². The number of nitrogens with one attached hydrogen (secondary N) is 1. The minimum atomic E-state index is -1.41. The number of morpholine rings is 1. The number of alkyl halides is 1. The molecule has 1 aromatic heterocycles. The zero-order chi connectivity index (χ0) is 30.4. The third-order valence-corrected chi connectivity index (χ3v) is 8.02. The van der Waals surface area contributed by atoms with Gasteiger partial charge >= 0.3 is 6.09 Å². The van der Waals surface area contributed by atoms with Gasteiger partial charge in [0.15, 0.2) is 18.2 Å². The van der Waals surface area contributed by atoms with Crippen molar-refractivity contribution in [3.8, 4) is 0 Å². The van der Waals surface area contributed by atoms with Crippen molar-refractivity contribution in [1.82, 2.24) is 35.1 Å². The van der Waals surface area contributed by atoms with E-state index in [0.29, 0.717) is 51.6 Å². The number of carbonyl (C=O) groups is 1. The first-order valence-electron chi connectivity index (χ1n) is 15.3. The van der Waals surface area contributed by atoms with Crippen LogP contribution in [-0.4, -0.2) is 126 Å². The molecule has 43 heavy (non-hydrogen) atoms. The van der Waals surface area contributed by atoms with Crippen LogP contribution in [0.2, 0.25) is 0 Å². The predicted molar refractivity (Wildman–Crippen MR) is 162 cm³/mol. The third-order valence-electron chi connectivity index (χ3n) is 8.02. The van der Waals surface area contributed by atoms with Gasteiger partial charge in [0.1, 0.15) is 11.8 Å². The molecular formula is C30H46FN9O3. The van der Waals surface area contributed by atoms with Crippen molar-refractivity contribution >= 4 is 11.8 Å². The largest absolute Gasteiger partial charge is 0.444 e. The predicted octanol–water partition coefficient (Wildman–Crippen LogP) is 1.81. The lowest BCUT2D eigenvalue weighted by molar-refractivity contribution is -0.239. The van der Waals surface area contributed by atoms with Crippen molar-refractivity contribution in [1.29, 1.82) is 0 Å². The van der Waals surface area contributed by atoms with Crippen molar-refractivity contribution in [2.75, 3.05) is 76.9 Å². The molecule has 0 radical (unpaired) electrons. The van der Waals surface area contributed by atoms with Gasteiger partial charge in [-0.3, -0.25) is 10.2 Å². The Morgan fingerprint density at radius 1 is 1.05 bits per heavy atom. The second kappa shape index (κ2) is 14.2. The van der Waals surface area contributed by atoms with E-state index in [4.69, 9.17) is 15.2 Å². The van der Waals surface area contributed by atoms with E-state index in [2.05, 4.69) is 54.4 Å². The van der Waals surface area contributed by atoms with Gasteiger partial charge in [0.05, 0.1) is 6.54 Å². The van der Waals surface area contributed by atoms with Crippen LogP contribution in [0.4, 0.5) is 14.9 Å². The first-order chi connectivity index (χ1) is 20.7. The number of piperazine rings is 2. The van der Waals surface area contributed by atoms with Gasteiger partial charge in [0.25, 0.3) is 0 Å². The molecule has 12 nitrogen and oxygen atoms in total. The number of ether oxygens (including phenoxy) is 2. The summed E-state index contributed by atoms with van der Waals surface area (Å²) in [7, 11) is 0. The number of nitrogens with zero attached hydrogens (tertiary/aromatic N) is 7. The highest BCUT2D eigenvalue weighted by Crippen LogP contribution is 2.31. The number of halogens is 1. The minimum absolute atomic E-state index is 0.263. The molecule has 1 amide bonds. The maximum absolute atomic E-state index is 16.1. The van der Waals surface area contributed by atoms with E-state index in [1.807, 2.05) is 20.8 Å². The SMILES string of the molecule is CC(C)(C)OC(=O)N1CCN(CCNC2CN(N3CCN(c4ccc(CN)cc4)CC3)C(F)C(c3ncccn3)O2)CC1. The van der Waals surface area contributed by atoms with E-state index in [0.717, 1.165) is 44.0 Å². The Kier molecular flexibility index (Phi) is 10.4. The molecule has 3 unspecified atom stereocenters. The zero-order valence-electron chi connectivity index (χ0n) is 25.6. The molecule has 3 saturated heterocycles. The summed E-state index contributed by atoms with van der Waals surface area (Å²) >= 11 is 0. The molecule has 4 heterocycles. The highest BCUT2D eigenvalue weighted by atomic mass is 19.1.